The maximum absolute atomic E-state index is 12.8. The fourth-order valence-electron chi connectivity index (χ4n) is 3.56. The Bertz CT molecular complexity index is 691. The number of amides is 3. The van der Waals surface area contributed by atoms with Crippen LogP contribution in [-0.2, 0) is 20.9 Å². The van der Waals surface area contributed by atoms with Gasteiger partial charge in [0.2, 0.25) is 0 Å². The van der Waals surface area contributed by atoms with Gasteiger partial charge in [0, 0.05) is 5.02 Å². The second kappa shape index (κ2) is 7.04. The van der Waals surface area contributed by atoms with E-state index in [1.54, 1.807) is 24.3 Å². The van der Waals surface area contributed by atoms with E-state index >= 15 is 0 Å². The summed E-state index contributed by atoms with van der Waals surface area (Å²) in [5, 5.41) is 3.42. The summed E-state index contributed by atoms with van der Waals surface area (Å²) in [5.41, 5.74) is -0.0708. The molecule has 1 spiro atoms. The van der Waals surface area contributed by atoms with Gasteiger partial charge in [-0.25, -0.2) is 4.79 Å². The number of nitrogens with one attached hydrogen (secondary N) is 1. The van der Waals surface area contributed by atoms with Gasteiger partial charge < -0.3 is 10.1 Å². The average molecular weight is 365 g/mol. The molecule has 0 aromatic heterocycles. The Hall–Kier alpha value is -2.08. The Morgan fingerprint density at radius 1 is 1.32 bits per heavy atom. The topological polar surface area (TPSA) is 75.7 Å². The molecule has 1 N–H and O–H groups in total. The molecule has 1 heterocycles. The van der Waals surface area contributed by atoms with Crippen LogP contribution in [0.3, 0.4) is 0 Å². The van der Waals surface area contributed by atoms with Gasteiger partial charge in [-0.1, -0.05) is 43.5 Å². The number of urea groups is 1. The number of halogens is 1. The van der Waals surface area contributed by atoms with Crippen LogP contribution < -0.4 is 5.32 Å². The molecule has 134 valence electrons. The van der Waals surface area contributed by atoms with Crippen molar-refractivity contribution < 1.29 is 19.1 Å². The van der Waals surface area contributed by atoms with E-state index in [0.29, 0.717) is 11.4 Å². The molecule has 3 amide bonds. The van der Waals surface area contributed by atoms with E-state index in [1.807, 2.05) is 6.92 Å². The second-order valence-corrected chi connectivity index (χ2v) is 7.16. The van der Waals surface area contributed by atoms with Crippen LogP contribution in [0, 0.1) is 5.92 Å². The Labute approximate surface area is 151 Å². The second-order valence-electron chi connectivity index (χ2n) is 6.73. The fourth-order valence-corrected chi connectivity index (χ4v) is 3.68. The van der Waals surface area contributed by atoms with Gasteiger partial charge in [-0.2, -0.15) is 0 Å². The quantitative estimate of drug-likeness (QED) is 0.658. The van der Waals surface area contributed by atoms with Gasteiger partial charge in [0.25, 0.3) is 5.91 Å². The summed E-state index contributed by atoms with van der Waals surface area (Å²) in [5.74, 6) is -0.861. The van der Waals surface area contributed by atoms with Crippen molar-refractivity contribution in [2.75, 3.05) is 6.54 Å². The number of hydrogen-bond donors (Lipinski definition) is 1. The van der Waals surface area contributed by atoms with Gasteiger partial charge in [-0.15, -0.1) is 0 Å². The molecule has 25 heavy (non-hydrogen) atoms. The number of carbonyl (C=O) groups is 3. The molecule has 0 bridgehead atoms. The first-order valence-corrected chi connectivity index (χ1v) is 8.84. The monoisotopic (exact) mass is 364 g/mol. The maximum atomic E-state index is 12.8. The highest BCUT2D eigenvalue weighted by Gasteiger charge is 2.55. The van der Waals surface area contributed by atoms with Crippen LogP contribution in [0.4, 0.5) is 4.79 Å². The van der Waals surface area contributed by atoms with E-state index in [0.717, 1.165) is 29.7 Å². The molecule has 2 atom stereocenters. The molecular weight excluding hydrogens is 344 g/mol. The lowest BCUT2D eigenvalue weighted by Gasteiger charge is -2.36. The number of benzene rings is 1. The van der Waals surface area contributed by atoms with Crippen molar-refractivity contribution in [3.8, 4) is 0 Å². The van der Waals surface area contributed by atoms with E-state index in [2.05, 4.69) is 5.32 Å². The van der Waals surface area contributed by atoms with Gasteiger partial charge >= 0.3 is 12.0 Å². The van der Waals surface area contributed by atoms with E-state index in [4.69, 9.17) is 16.3 Å². The fraction of sp³-hybridized carbons (Fsp3) is 0.500. The van der Waals surface area contributed by atoms with Crippen molar-refractivity contribution >= 4 is 29.5 Å². The average Bonchev–Trinajstić information content (AvgIpc) is 2.82. The standard InChI is InChI=1S/C18H21ClN2O4/c1-12-4-2-3-9-18(12)16(23)21(17(24)20-18)10-15(22)25-11-13-5-7-14(19)8-6-13/h5-8,12H,2-4,9-11H2,1H3,(H,20,24). The molecule has 1 saturated heterocycles. The smallest absolute Gasteiger partial charge is 0.326 e. The minimum Gasteiger partial charge on any atom is -0.459 e. The van der Waals surface area contributed by atoms with Gasteiger partial charge in [-0.3, -0.25) is 14.5 Å². The van der Waals surface area contributed by atoms with Crippen molar-refractivity contribution in [3.63, 3.8) is 0 Å². The number of nitrogens with zero attached hydrogens (tertiary/aromatic N) is 1. The highest BCUT2D eigenvalue weighted by molar-refractivity contribution is 6.30. The lowest BCUT2D eigenvalue weighted by atomic mass is 9.73. The zero-order chi connectivity index (χ0) is 18.0. The third kappa shape index (κ3) is 3.49. The van der Waals surface area contributed by atoms with Crippen molar-refractivity contribution in [2.24, 2.45) is 5.92 Å². The number of hydrogen-bond acceptors (Lipinski definition) is 4. The van der Waals surface area contributed by atoms with E-state index < -0.39 is 17.5 Å². The summed E-state index contributed by atoms with van der Waals surface area (Å²) in [6, 6.07) is 6.40. The van der Waals surface area contributed by atoms with Crippen molar-refractivity contribution in [1.29, 1.82) is 0 Å². The normalized spacial score (nSPS) is 26.0. The van der Waals surface area contributed by atoms with E-state index in [9.17, 15) is 14.4 Å². The minimum absolute atomic E-state index is 0.0628. The van der Waals surface area contributed by atoms with Crippen molar-refractivity contribution in [3.05, 3.63) is 34.9 Å². The van der Waals surface area contributed by atoms with Crippen LogP contribution in [0.25, 0.3) is 0 Å². The number of carbonyl (C=O) groups excluding carboxylic acids is 3. The Kier molecular flexibility index (Phi) is 4.99. The number of imide groups is 1. The van der Waals surface area contributed by atoms with Crippen LogP contribution in [0.1, 0.15) is 38.2 Å². The highest BCUT2D eigenvalue weighted by atomic mass is 35.5. The largest absolute Gasteiger partial charge is 0.459 e. The third-order valence-corrected chi connectivity index (χ3v) is 5.35. The SMILES string of the molecule is CC1CCCCC12NC(=O)N(CC(=O)OCc1ccc(Cl)cc1)C2=O. The van der Waals surface area contributed by atoms with Gasteiger partial charge in [-0.05, 0) is 36.5 Å². The summed E-state index contributed by atoms with van der Waals surface area (Å²) < 4.78 is 5.17. The lowest BCUT2D eigenvalue weighted by Crippen LogP contribution is -2.54. The summed E-state index contributed by atoms with van der Waals surface area (Å²) in [4.78, 5) is 38.0. The molecule has 1 aromatic rings. The third-order valence-electron chi connectivity index (χ3n) is 5.10. The molecule has 2 unspecified atom stereocenters. The zero-order valence-electron chi connectivity index (χ0n) is 14.1. The number of ether oxygens (including phenoxy) is 1. The molecule has 1 aliphatic carbocycles. The summed E-state index contributed by atoms with van der Waals surface area (Å²) in [7, 11) is 0. The first-order chi connectivity index (χ1) is 11.9. The number of esters is 1. The van der Waals surface area contributed by atoms with Crippen LogP contribution in [0.2, 0.25) is 5.02 Å². The predicted octanol–water partition coefficient (Wildman–Crippen LogP) is 2.88. The van der Waals surface area contributed by atoms with Gasteiger partial charge in [0.15, 0.2) is 0 Å². The molecule has 1 aliphatic heterocycles. The van der Waals surface area contributed by atoms with Crippen molar-refractivity contribution in [2.45, 2.75) is 44.8 Å². The zero-order valence-corrected chi connectivity index (χ0v) is 14.8. The Morgan fingerprint density at radius 3 is 2.72 bits per heavy atom. The molecule has 2 aliphatic rings. The maximum Gasteiger partial charge on any atom is 0.326 e. The van der Waals surface area contributed by atoms with Gasteiger partial charge in [0.1, 0.15) is 18.7 Å². The predicted molar refractivity (Wildman–Crippen MR) is 91.9 cm³/mol. The van der Waals surface area contributed by atoms with Crippen LogP contribution >= 0.6 is 11.6 Å². The van der Waals surface area contributed by atoms with Gasteiger partial charge in [0.05, 0.1) is 0 Å². The first kappa shape index (κ1) is 17.7. The summed E-state index contributed by atoms with van der Waals surface area (Å²) in [6.07, 6.45) is 3.45. The molecule has 7 heteroatoms. The molecule has 1 aromatic carbocycles. The minimum atomic E-state index is -0.855. The first-order valence-electron chi connectivity index (χ1n) is 8.46. The molecule has 3 rings (SSSR count). The van der Waals surface area contributed by atoms with Crippen LogP contribution in [0.5, 0.6) is 0 Å². The Morgan fingerprint density at radius 2 is 2.04 bits per heavy atom. The summed E-state index contributed by atoms with van der Waals surface area (Å²) >= 11 is 5.81. The molecule has 0 radical (unpaired) electrons. The van der Waals surface area contributed by atoms with E-state index in [-0.39, 0.29) is 25.0 Å². The highest BCUT2D eigenvalue weighted by Crippen LogP contribution is 2.38. The molecular formula is C18H21ClN2O4. The lowest BCUT2D eigenvalue weighted by molar-refractivity contribution is -0.149. The summed E-state index contributed by atoms with van der Waals surface area (Å²) in [6.45, 7) is 1.67. The van der Waals surface area contributed by atoms with Crippen LogP contribution in [-0.4, -0.2) is 34.9 Å². The number of rotatable bonds is 4. The Balaban J connectivity index is 1.60. The molecule has 2 fully saturated rings. The van der Waals surface area contributed by atoms with Crippen LogP contribution in [0.15, 0.2) is 24.3 Å². The molecule has 1 saturated carbocycles. The van der Waals surface area contributed by atoms with Crippen molar-refractivity contribution in [1.82, 2.24) is 10.2 Å². The van der Waals surface area contributed by atoms with E-state index in [1.165, 1.54) is 0 Å². The molecule has 6 nitrogen and oxygen atoms in total.